The number of halogens is 1. The fourth-order valence-corrected chi connectivity index (χ4v) is 3.83. The first-order valence-electron chi connectivity index (χ1n) is 11.5. The van der Waals surface area contributed by atoms with Crippen LogP contribution in [-0.2, 0) is 24.3 Å². The van der Waals surface area contributed by atoms with E-state index in [-0.39, 0.29) is 31.2 Å². The molecule has 3 aromatic rings. The van der Waals surface area contributed by atoms with Gasteiger partial charge in [0.2, 0.25) is 5.91 Å². The first-order chi connectivity index (χ1) is 16.5. The summed E-state index contributed by atoms with van der Waals surface area (Å²) >= 11 is 5.91. The van der Waals surface area contributed by atoms with Gasteiger partial charge in [0.1, 0.15) is 17.8 Å². The zero-order valence-electron chi connectivity index (χ0n) is 20.5. The van der Waals surface area contributed by atoms with Crippen LogP contribution < -0.4 is 10.9 Å². The lowest BCUT2D eigenvalue weighted by molar-refractivity contribution is -0.132. The minimum absolute atomic E-state index is 0.0661. The maximum Gasteiger partial charge on any atom is 0.265 e. The maximum atomic E-state index is 13.4. The number of benzene rings is 1. The number of hydrogen-bond acceptors (Lipinski definition) is 5. The number of aromatic nitrogens is 2. The van der Waals surface area contributed by atoms with Gasteiger partial charge in [-0.3, -0.25) is 19.0 Å². The van der Waals surface area contributed by atoms with Crippen molar-refractivity contribution in [3.05, 3.63) is 74.7 Å². The molecule has 186 valence electrons. The molecule has 0 aliphatic carbocycles. The van der Waals surface area contributed by atoms with Gasteiger partial charge in [-0.15, -0.1) is 0 Å². The van der Waals surface area contributed by atoms with Gasteiger partial charge in [0.15, 0.2) is 0 Å². The van der Waals surface area contributed by atoms with E-state index >= 15 is 0 Å². The average Bonchev–Trinajstić information content (AvgIpc) is 2.84. The number of amides is 2. The number of carbonyl (C=O) groups excluding carboxylic acids is 2. The van der Waals surface area contributed by atoms with E-state index in [1.54, 1.807) is 37.4 Å². The first-order valence-corrected chi connectivity index (χ1v) is 11.8. The molecular weight excluding hydrogens is 468 g/mol. The smallest absolute Gasteiger partial charge is 0.265 e. The Morgan fingerprint density at radius 1 is 1.17 bits per heavy atom. The van der Waals surface area contributed by atoms with Gasteiger partial charge >= 0.3 is 0 Å². The molecule has 9 heteroatoms. The highest BCUT2D eigenvalue weighted by molar-refractivity contribution is 6.30. The van der Waals surface area contributed by atoms with Crippen molar-refractivity contribution in [2.75, 3.05) is 20.2 Å². The third-order valence-corrected chi connectivity index (χ3v) is 6.03. The standard InChI is InChI=1S/C26H31ClN4O4/c1-5-20-11-8-18-12-21(24(34)28-13-17-6-9-19(27)10-7-17)25(35)31(23(18)29-20)14-22(33)30(4)15-26(2,3)16-32/h6-12,32H,5,13-16H2,1-4H3,(H,28,34). The van der Waals surface area contributed by atoms with Crippen LogP contribution in [0.1, 0.15) is 42.4 Å². The van der Waals surface area contributed by atoms with Crippen LogP contribution >= 0.6 is 11.6 Å². The lowest BCUT2D eigenvalue weighted by Crippen LogP contribution is -2.41. The van der Waals surface area contributed by atoms with E-state index in [9.17, 15) is 19.5 Å². The fraction of sp³-hybridized carbons (Fsp3) is 0.385. The van der Waals surface area contributed by atoms with Crippen molar-refractivity contribution in [1.29, 1.82) is 0 Å². The minimum Gasteiger partial charge on any atom is -0.396 e. The van der Waals surface area contributed by atoms with Crippen LogP contribution in [0.5, 0.6) is 0 Å². The van der Waals surface area contributed by atoms with Crippen molar-refractivity contribution >= 4 is 34.4 Å². The van der Waals surface area contributed by atoms with Gasteiger partial charge in [-0.1, -0.05) is 44.5 Å². The molecule has 0 saturated heterocycles. The lowest BCUT2D eigenvalue weighted by Gasteiger charge is -2.28. The number of nitrogens with one attached hydrogen (secondary N) is 1. The molecule has 0 fully saturated rings. The summed E-state index contributed by atoms with van der Waals surface area (Å²) in [6.07, 6.45) is 0.659. The van der Waals surface area contributed by atoms with Crippen molar-refractivity contribution < 1.29 is 14.7 Å². The number of fused-ring (bicyclic) bond motifs is 1. The molecule has 0 bridgehead atoms. The number of rotatable bonds is 9. The molecule has 2 aromatic heterocycles. The molecule has 2 heterocycles. The van der Waals surface area contributed by atoms with Gasteiger partial charge in [-0.2, -0.15) is 0 Å². The fourth-order valence-electron chi connectivity index (χ4n) is 3.71. The molecule has 0 saturated carbocycles. The van der Waals surface area contributed by atoms with E-state index in [0.29, 0.717) is 29.0 Å². The molecule has 0 atom stereocenters. The van der Waals surface area contributed by atoms with Gasteiger partial charge in [0, 0.05) is 48.3 Å². The van der Waals surface area contributed by atoms with Gasteiger partial charge in [0.05, 0.1) is 0 Å². The third kappa shape index (κ3) is 6.46. The predicted molar refractivity (Wildman–Crippen MR) is 137 cm³/mol. The van der Waals surface area contributed by atoms with Crippen molar-refractivity contribution in [3.8, 4) is 0 Å². The second-order valence-corrected chi connectivity index (χ2v) is 9.84. The largest absolute Gasteiger partial charge is 0.396 e. The summed E-state index contributed by atoms with van der Waals surface area (Å²) in [6, 6.07) is 12.2. The highest BCUT2D eigenvalue weighted by Gasteiger charge is 2.24. The minimum atomic E-state index is -0.588. The van der Waals surface area contributed by atoms with Crippen LogP contribution in [0.2, 0.25) is 5.02 Å². The monoisotopic (exact) mass is 498 g/mol. The summed E-state index contributed by atoms with van der Waals surface area (Å²) in [6.45, 7) is 5.82. The second-order valence-electron chi connectivity index (χ2n) is 9.40. The zero-order valence-corrected chi connectivity index (χ0v) is 21.2. The summed E-state index contributed by atoms with van der Waals surface area (Å²) in [5.41, 5.74) is 0.814. The Morgan fingerprint density at radius 3 is 2.49 bits per heavy atom. The van der Waals surface area contributed by atoms with E-state index in [1.807, 2.05) is 26.8 Å². The van der Waals surface area contributed by atoms with Crippen LogP contribution in [0.25, 0.3) is 11.0 Å². The van der Waals surface area contributed by atoms with Crippen LogP contribution in [0, 0.1) is 5.41 Å². The topological polar surface area (TPSA) is 105 Å². The van der Waals surface area contributed by atoms with Gasteiger partial charge in [0.25, 0.3) is 11.5 Å². The molecule has 0 radical (unpaired) electrons. The second kappa shape index (κ2) is 11.0. The Balaban J connectivity index is 1.96. The number of nitrogens with zero attached hydrogens (tertiary/aromatic N) is 3. The Labute approximate surface area is 209 Å². The Hall–Kier alpha value is -3.23. The summed E-state index contributed by atoms with van der Waals surface area (Å²) in [7, 11) is 1.63. The van der Waals surface area contributed by atoms with Crippen LogP contribution in [0.3, 0.4) is 0 Å². The van der Waals surface area contributed by atoms with Gasteiger partial charge in [-0.05, 0) is 42.3 Å². The van der Waals surface area contributed by atoms with Crippen molar-refractivity contribution in [3.63, 3.8) is 0 Å². The van der Waals surface area contributed by atoms with E-state index in [1.165, 1.54) is 15.5 Å². The number of likely N-dealkylation sites (N-methyl/N-ethyl adjacent to an activating group) is 1. The van der Waals surface area contributed by atoms with E-state index in [2.05, 4.69) is 10.3 Å². The zero-order chi connectivity index (χ0) is 25.8. The molecule has 0 unspecified atom stereocenters. The molecule has 2 N–H and O–H groups in total. The Bertz CT molecular complexity index is 1280. The number of aryl methyl sites for hydroxylation is 1. The molecular formula is C26H31ClN4O4. The highest BCUT2D eigenvalue weighted by atomic mass is 35.5. The van der Waals surface area contributed by atoms with E-state index < -0.39 is 16.9 Å². The summed E-state index contributed by atoms with van der Waals surface area (Å²) in [4.78, 5) is 45.5. The summed E-state index contributed by atoms with van der Waals surface area (Å²) in [5.74, 6) is -0.861. The quantitative estimate of drug-likeness (QED) is 0.472. The normalized spacial score (nSPS) is 11.5. The van der Waals surface area contributed by atoms with Crippen LogP contribution in [0.4, 0.5) is 0 Å². The SMILES string of the molecule is CCc1ccc2cc(C(=O)NCc3ccc(Cl)cc3)c(=O)n(CC(=O)N(C)CC(C)(C)CO)c2n1. The number of pyridine rings is 2. The number of hydrogen-bond donors (Lipinski definition) is 2. The Morgan fingerprint density at radius 2 is 1.86 bits per heavy atom. The van der Waals surface area contributed by atoms with Crippen molar-refractivity contribution in [1.82, 2.24) is 19.8 Å². The molecule has 2 amide bonds. The molecule has 35 heavy (non-hydrogen) atoms. The number of aliphatic hydroxyl groups is 1. The lowest BCUT2D eigenvalue weighted by atomic mass is 9.94. The van der Waals surface area contributed by atoms with E-state index in [4.69, 9.17) is 11.6 Å². The molecule has 0 spiro atoms. The summed E-state index contributed by atoms with van der Waals surface area (Å²) in [5, 5.41) is 13.5. The molecule has 8 nitrogen and oxygen atoms in total. The number of aliphatic hydroxyl groups excluding tert-OH is 1. The molecule has 3 rings (SSSR count). The molecule has 0 aliphatic heterocycles. The Kier molecular flexibility index (Phi) is 8.30. The van der Waals surface area contributed by atoms with E-state index in [0.717, 1.165) is 11.3 Å². The molecule has 0 aliphatic rings. The number of carbonyl (C=O) groups is 2. The van der Waals surface area contributed by atoms with Crippen LogP contribution in [-0.4, -0.2) is 51.6 Å². The highest BCUT2D eigenvalue weighted by Crippen LogP contribution is 2.17. The first kappa shape index (κ1) is 26.4. The summed E-state index contributed by atoms with van der Waals surface area (Å²) < 4.78 is 1.26. The predicted octanol–water partition coefficient (Wildman–Crippen LogP) is 3.02. The van der Waals surface area contributed by atoms with Crippen molar-refractivity contribution in [2.45, 2.75) is 40.3 Å². The molecule has 1 aromatic carbocycles. The van der Waals surface area contributed by atoms with Crippen molar-refractivity contribution in [2.24, 2.45) is 5.41 Å². The van der Waals surface area contributed by atoms with Crippen LogP contribution in [0.15, 0.2) is 47.3 Å². The van der Waals surface area contributed by atoms with Gasteiger partial charge < -0.3 is 15.3 Å². The third-order valence-electron chi connectivity index (χ3n) is 5.78. The average molecular weight is 499 g/mol. The van der Waals surface area contributed by atoms with Gasteiger partial charge in [-0.25, -0.2) is 4.98 Å². The maximum absolute atomic E-state index is 13.4.